The van der Waals surface area contributed by atoms with Crippen LogP contribution >= 0.6 is 0 Å². The smallest absolute Gasteiger partial charge is 0.227 e. The number of nitrogens with one attached hydrogen (secondary N) is 1. The molecule has 1 aliphatic heterocycles. The Bertz CT molecular complexity index is 513. The first-order valence-corrected chi connectivity index (χ1v) is 6.59. The minimum atomic E-state index is 0.146. The summed E-state index contributed by atoms with van der Waals surface area (Å²) in [5.41, 5.74) is 2.71. The third-order valence-electron chi connectivity index (χ3n) is 3.34. The molecule has 1 unspecified atom stereocenters. The Kier molecular flexibility index (Phi) is 3.86. The number of ether oxygens (including phenoxy) is 1. The van der Waals surface area contributed by atoms with Gasteiger partial charge in [-0.15, -0.1) is 0 Å². The van der Waals surface area contributed by atoms with E-state index in [9.17, 15) is 0 Å². The average molecular weight is 259 g/mol. The second-order valence-corrected chi connectivity index (χ2v) is 4.60. The molecule has 2 heterocycles. The summed E-state index contributed by atoms with van der Waals surface area (Å²) in [6.45, 7) is 2.42. The number of nitrogens with zero attached hydrogens (tertiary/aromatic N) is 2. The Morgan fingerprint density at radius 3 is 3.16 bits per heavy atom. The quantitative estimate of drug-likeness (QED) is 0.825. The van der Waals surface area contributed by atoms with E-state index in [0.29, 0.717) is 5.89 Å². The van der Waals surface area contributed by atoms with Gasteiger partial charge in [0.15, 0.2) is 6.33 Å². The summed E-state index contributed by atoms with van der Waals surface area (Å²) in [6, 6.07) is 8.49. The second kappa shape index (κ2) is 5.95. The normalized spacial score (nSPS) is 18.2. The van der Waals surface area contributed by atoms with Gasteiger partial charge in [0, 0.05) is 19.5 Å². The molecule has 5 heteroatoms. The van der Waals surface area contributed by atoms with Gasteiger partial charge in [-0.05, 0) is 17.5 Å². The first kappa shape index (κ1) is 12.3. The molecule has 100 valence electrons. The van der Waals surface area contributed by atoms with Crippen LogP contribution in [0, 0.1) is 0 Å². The molecule has 0 saturated heterocycles. The van der Waals surface area contributed by atoms with E-state index in [0.717, 1.165) is 32.5 Å². The molecule has 0 amide bonds. The molecule has 1 aliphatic rings. The van der Waals surface area contributed by atoms with Crippen LogP contribution in [0.2, 0.25) is 0 Å². The van der Waals surface area contributed by atoms with E-state index in [4.69, 9.17) is 9.26 Å². The highest BCUT2D eigenvalue weighted by Gasteiger charge is 2.19. The summed E-state index contributed by atoms with van der Waals surface area (Å²) in [5, 5.41) is 6.96. The fraction of sp³-hybridized carbons (Fsp3) is 0.429. The highest BCUT2D eigenvalue weighted by molar-refractivity contribution is 5.31. The molecule has 0 bridgehead atoms. The number of hydrogen-bond acceptors (Lipinski definition) is 5. The van der Waals surface area contributed by atoms with Crippen molar-refractivity contribution >= 4 is 0 Å². The van der Waals surface area contributed by atoms with Crippen LogP contribution in [0.1, 0.15) is 23.1 Å². The van der Waals surface area contributed by atoms with E-state index in [2.05, 4.69) is 39.7 Å². The molecule has 1 aromatic carbocycles. The van der Waals surface area contributed by atoms with Crippen LogP contribution < -0.4 is 5.32 Å². The summed E-state index contributed by atoms with van der Waals surface area (Å²) in [4.78, 5) is 3.99. The average Bonchev–Trinajstić information content (AvgIpc) is 2.97. The van der Waals surface area contributed by atoms with Crippen LogP contribution in [0.4, 0.5) is 0 Å². The Morgan fingerprint density at radius 1 is 1.32 bits per heavy atom. The first-order chi connectivity index (χ1) is 9.43. The Labute approximate surface area is 112 Å². The lowest BCUT2D eigenvalue weighted by atomic mass is 9.97. The zero-order chi connectivity index (χ0) is 12.9. The van der Waals surface area contributed by atoms with Gasteiger partial charge in [0.25, 0.3) is 0 Å². The predicted octanol–water partition coefficient (Wildman–Crippen LogP) is 1.52. The lowest BCUT2D eigenvalue weighted by molar-refractivity contribution is 0.0426. The minimum absolute atomic E-state index is 0.146. The fourth-order valence-corrected chi connectivity index (χ4v) is 2.38. The van der Waals surface area contributed by atoms with Crippen LogP contribution in [-0.4, -0.2) is 29.8 Å². The summed E-state index contributed by atoms with van der Waals surface area (Å²) in [6.07, 6.45) is 3.33. The molecule has 0 saturated carbocycles. The molecule has 0 radical (unpaired) electrons. The van der Waals surface area contributed by atoms with Gasteiger partial charge in [-0.3, -0.25) is 0 Å². The van der Waals surface area contributed by atoms with E-state index in [1.807, 2.05) is 0 Å². The molecule has 1 aromatic heterocycles. The molecular formula is C14H17N3O2. The summed E-state index contributed by atoms with van der Waals surface area (Å²) in [7, 11) is 0. The third-order valence-corrected chi connectivity index (χ3v) is 3.34. The topological polar surface area (TPSA) is 60.2 Å². The number of aromatic nitrogens is 2. The van der Waals surface area contributed by atoms with Crippen molar-refractivity contribution in [1.29, 1.82) is 0 Å². The largest absolute Gasteiger partial charge is 0.372 e. The summed E-state index contributed by atoms with van der Waals surface area (Å²) >= 11 is 0. The number of benzene rings is 1. The zero-order valence-corrected chi connectivity index (χ0v) is 10.7. The third kappa shape index (κ3) is 3.00. The first-order valence-electron chi connectivity index (χ1n) is 6.59. The van der Waals surface area contributed by atoms with Crippen molar-refractivity contribution in [2.75, 3.05) is 19.7 Å². The number of rotatable bonds is 5. The van der Waals surface area contributed by atoms with E-state index in [1.165, 1.54) is 17.5 Å². The molecule has 2 aromatic rings. The zero-order valence-electron chi connectivity index (χ0n) is 10.7. The van der Waals surface area contributed by atoms with Gasteiger partial charge < -0.3 is 14.6 Å². The van der Waals surface area contributed by atoms with Crippen molar-refractivity contribution < 1.29 is 9.26 Å². The molecule has 0 fully saturated rings. The standard InChI is InChI=1S/C14H17N3O2/c1-2-4-12-11(3-1)6-8-18-13(12)9-15-7-5-14-16-10-17-19-14/h1-4,10,13,15H,5-9H2. The highest BCUT2D eigenvalue weighted by Crippen LogP contribution is 2.26. The SMILES string of the molecule is c1ccc2c(c1)CCOC2CNCCc1ncno1. The van der Waals surface area contributed by atoms with Crippen LogP contribution in [0.15, 0.2) is 35.1 Å². The monoisotopic (exact) mass is 259 g/mol. The second-order valence-electron chi connectivity index (χ2n) is 4.60. The predicted molar refractivity (Wildman–Crippen MR) is 69.7 cm³/mol. The van der Waals surface area contributed by atoms with Crippen molar-refractivity contribution in [3.05, 3.63) is 47.6 Å². The summed E-state index contributed by atoms with van der Waals surface area (Å²) < 4.78 is 10.8. The molecule has 3 rings (SSSR count). The van der Waals surface area contributed by atoms with Gasteiger partial charge in [-0.25, -0.2) is 0 Å². The molecule has 19 heavy (non-hydrogen) atoms. The maximum atomic E-state index is 5.83. The van der Waals surface area contributed by atoms with Crippen LogP contribution in [0.5, 0.6) is 0 Å². The van der Waals surface area contributed by atoms with Crippen molar-refractivity contribution in [3.63, 3.8) is 0 Å². The molecule has 1 N–H and O–H groups in total. The molecule has 5 nitrogen and oxygen atoms in total. The van der Waals surface area contributed by atoms with E-state index < -0.39 is 0 Å². The van der Waals surface area contributed by atoms with Gasteiger partial charge >= 0.3 is 0 Å². The van der Waals surface area contributed by atoms with E-state index >= 15 is 0 Å². The highest BCUT2D eigenvalue weighted by atomic mass is 16.5. The number of hydrogen-bond donors (Lipinski definition) is 1. The number of fused-ring (bicyclic) bond motifs is 1. The maximum Gasteiger partial charge on any atom is 0.227 e. The van der Waals surface area contributed by atoms with E-state index in [-0.39, 0.29) is 6.10 Å². The molecule has 0 spiro atoms. The maximum absolute atomic E-state index is 5.83. The van der Waals surface area contributed by atoms with Gasteiger partial charge in [-0.1, -0.05) is 29.4 Å². The minimum Gasteiger partial charge on any atom is -0.372 e. The van der Waals surface area contributed by atoms with Crippen molar-refractivity contribution in [2.24, 2.45) is 0 Å². The Balaban J connectivity index is 1.51. The summed E-state index contributed by atoms with van der Waals surface area (Å²) in [5.74, 6) is 0.664. The van der Waals surface area contributed by atoms with Crippen LogP contribution in [0.25, 0.3) is 0 Å². The van der Waals surface area contributed by atoms with Crippen LogP contribution in [-0.2, 0) is 17.6 Å². The van der Waals surface area contributed by atoms with E-state index in [1.54, 1.807) is 0 Å². The van der Waals surface area contributed by atoms with Gasteiger partial charge in [0.2, 0.25) is 5.89 Å². The lowest BCUT2D eigenvalue weighted by Gasteiger charge is -2.26. The van der Waals surface area contributed by atoms with Crippen LogP contribution in [0.3, 0.4) is 0 Å². The molecular weight excluding hydrogens is 242 g/mol. The fourth-order valence-electron chi connectivity index (χ4n) is 2.38. The van der Waals surface area contributed by atoms with Crippen molar-refractivity contribution in [3.8, 4) is 0 Å². The Hall–Kier alpha value is -1.72. The van der Waals surface area contributed by atoms with Gasteiger partial charge in [0.1, 0.15) is 0 Å². The van der Waals surface area contributed by atoms with Gasteiger partial charge in [0.05, 0.1) is 12.7 Å². The lowest BCUT2D eigenvalue weighted by Crippen LogP contribution is -2.28. The molecule has 0 aliphatic carbocycles. The molecule has 1 atom stereocenters. The van der Waals surface area contributed by atoms with Crippen molar-refractivity contribution in [1.82, 2.24) is 15.5 Å². The Morgan fingerprint density at radius 2 is 2.26 bits per heavy atom. The van der Waals surface area contributed by atoms with Crippen molar-refractivity contribution in [2.45, 2.75) is 18.9 Å². The van der Waals surface area contributed by atoms with Gasteiger partial charge in [-0.2, -0.15) is 4.98 Å².